The van der Waals surface area contributed by atoms with Gasteiger partial charge in [-0.25, -0.2) is 4.79 Å². The van der Waals surface area contributed by atoms with Crippen molar-refractivity contribution in [1.29, 1.82) is 0 Å². The second kappa shape index (κ2) is 6.24. The molecular weight excluding hydrogens is 270 g/mol. The Morgan fingerprint density at radius 2 is 1.76 bits per heavy atom. The Hall–Kier alpha value is -1.91. The van der Waals surface area contributed by atoms with Crippen LogP contribution in [0.25, 0.3) is 0 Å². The lowest BCUT2D eigenvalue weighted by atomic mass is 10.1. The predicted octanol–water partition coefficient (Wildman–Crippen LogP) is 3.08. The van der Waals surface area contributed by atoms with Crippen molar-refractivity contribution in [1.82, 2.24) is 4.90 Å². The van der Waals surface area contributed by atoms with Crippen LogP contribution in [-0.4, -0.2) is 42.4 Å². The maximum atomic E-state index is 11.8. The van der Waals surface area contributed by atoms with E-state index in [2.05, 4.69) is 0 Å². The Kier molecular flexibility index (Phi) is 4.60. The summed E-state index contributed by atoms with van der Waals surface area (Å²) in [7, 11) is 0. The largest absolute Gasteiger partial charge is 0.494 e. The highest BCUT2D eigenvalue weighted by molar-refractivity contribution is 5.69. The van der Waals surface area contributed by atoms with Gasteiger partial charge in [0.05, 0.1) is 19.7 Å². The molecule has 0 saturated carbocycles. The number of ether oxygens (including phenoxy) is 3. The number of carbonyl (C=O) groups is 1. The molecule has 0 spiro atoms. The molecule has 1 aliphatic rings. The fraction of sp³-hybridized carbons (Fsp3) is 0.562. The van der Waals surface area contributed by atoms with Gasteiger partial charge in [0.25, 0.3) is 0 Å². The van der Waals surface area contributed by atoms with Crippen LogP contribution in [0.1, 0.15) is 27.7 Å². The number of hydrogen-bond donors (Lipinski definition) is 0. The predicted molar refractivity (Wildman–Crippen MR) is 79.8 cm³/mol. The maximum absolute atomic E-state index is 11.8. The number of nitrogens with zero attached hydrogens (tertiary/aromatic N) is 1. The quantitative estimate of drug-likeness (QED) is 0.856. The highest BCUT2D eigenvalue weighted by Gasteiger charge is 2.35. The van der Waals surface area contributed by atoms with Crippen molar-refractivity contribution in [3.8, 4) is 11.5 Å². The summed E-state index contributed by atoms with van der Waals surface area (Å²) in [4.78, 5) is 13.4. The van der Waals surface area contributed by atoms with Crippen LogP contribution in [0.15, 0.2) is 24.3 Å². The summed E-state index contributed by atoms with van der Waals surface area (Å²) in [6.07, 6.45) is -0.260. The minimum atomic E-state index is -0.460. The topological polar surface area (TPSA) is 48.0 Å². The molecule has 1 amide bonds. The first kappa shape index (κ1) is 15.5. The molecule has 21 heavy (non-hydrogen) atoms. The van der Waals surface area contributed by atoms with Crippen molar-refractivity contribution < 1.29 is 19.0 Å². The van der Waals surface area contributed by atoms with Crippen LogP contribution in [-0.2, 0) is 4.74 Å². The first-order valence-corrected chi connectivity index (χ1v) is 7.25. The van der Waals surface area contributed by atoms with Crippen LogP contribution in [0.4, 0.5) is 4.79 Å². The van der Waals surface area contributed by atoms with E-state index in [9.17, 15) is 4.79 Å². The molecule has 1 aromatic rings. The van der Waals surface area contributed by atoms with Crippen LogP contribution >= 0.6 is 0 Å². The first-order chi connectivity index (χ1) is 9.87. The van der Waals surface area contributed by atoms with Gasteiger partial charge in [-0.15, -0.1) is 0 Å². The number of amides is 1. The summed E-state index contributed by atoms with van der Waals surface area (Å²) < 4.78 is 16.5. The minimum absolute atomic E-state index is 0.0236. The number of likely N-dealkylation sites (tertiary alicyclic amines) is 1. The Morgan fingerprint density at radius 1 is 1.19 bits per heavy atom. The van der Waals surface area contributed by atoms with Crippen molar-refractivity contribution in [2.24, 2.45) is 0 Å². The normalized spacial score (nSPS) is 15.3. The van der Waals surface area contributed by atoms with Gasteiger partial charge in [-0.3, -0.25) is 0 Å². The molecule has 0 radical (unpaired) electrons. The van der Waals surface area contributed by atoms with Crippen molar-refractivity contribution in [3.63, 3.8) is 0 Å². The zero-order valence-electron chi connectivity index (χ0n) is 13.1. The average molecular weight is 293 g/mol. The monoisotopic (exact) mass is 293 g/mol. The summed E-state index contributed by atoms with van der Waals surface area (Å²) in [5.41, 5.74) is -0.460. The summed E-state index contributed by atoms with van der Waals surface area (Å²) in [6, 6.07) is 7.51. The van der Waals surface area contributed by atoms with Gasteiger partial charge in [-0.2, -0.15) is 0 Å². The third-order valence-corrected chi connectivity index (χ3v) is 2.94. The summed E-state index contributed by atoms with van der Waals surface area (Å²) in [5, 5.41) is 0. The summed E-state index contributed by atoms with van der Waals surface area (Å²) in [6.45, 7) is 9.29. The molecule has 0 aromatic heterocycles. The molecule has 1 heterocycles. The zero-order valence-corrected chi connectivity index (χ0v) is 13.1. The third-order valence-electron chi connectivity index (χ3n) is 2.94. The fourth-order valence-electron chi connectivity index (χ4n) is 1.96. The lowest BCUT2D eigenvalue weighted by Crippen LogP contribution is -2.57. The van der Waals surface area contributed by atoms with Crippen LogP contribution in [0.3, 0.4) is 0 Å². The standard InChI is InChI=1S/C16H23NO4/c1-5-19-12-6-8-13(9-7-12)20-14-10-17(11-14)15(18)21-16(2,3)4/h6-9,14H,5,10-11H2,1-4H3. The molecule has 0 N–H and O–H groups in total. The van der Waals surface area contributed by atoms with Crippen molar-refractivity contribution in [2.45, 2.75) is 39.4 Å². The number of carbonyl (C=O) groups excluding carboxylic acids is 1. The van der Waals surface area contributed by atoms with Crippen molar-refractivity contribution in [2.75, 3.05) is 19.7 Å². The molecule has 5 nitrogen and oxygen atoms in total. The van der Waals surface area contributed by atoms with Gasteiger partial charge in [0.1, 0.15) is 23.2 Å². The van der Waals surface area contributed by atoms with Gasteiger partial charge in [0.15, 0.2) is 0 Å². The Labute approximate surface area is 125 Å². The second-order valence-electron chi connectivity index (χ2n) is 6.03. The molecule has 0 bridgehead atoms. The first-order valence-electron chi connectivity index (χ1n) is 7.25. The zero-order chi connectivity index (χ0) is 15.5. The van der Waals surface area contributed by atoms with E-state index >= 15 is 0 Å². The van der Waals surface area contributed by atoms with Crippen molar-refractivity contribution >= 4 is 6.09 Å². The van der Waals surface area contributed by atoms with Gasteiger partial charge in [-0.1, -0.05) is 0 Å². The van der Waals surface area contributed by atoms with Crippen LogP contribution < -0.4 is 9.47 Å². The van der Waals surface area contributed by atoms with E-state index in [1.807, 2.05) is 52.0 Å². The Bertz CT molecular complexity index is 472. The van der Waals surface area contributed by atoms with E-state index in [0.717, 1.165) is 11.5 Å². The molecule has 0 unspecified atom stereocenters. The van der Waals surface area contributed by atoms with Gasteiger partial charge in [0, 0.05) is 0 Å². The lowest BCUT2D eigenvalue weighted by molar-refractivity contribution is -0.0221. The van der Waals surface area contributed by atoms with Gasteiger partial charge >= 0.3 is 6.09 Å². The molecular formula is C16H23NO4. The molecule has 0 aliphatic carbocycles. The molecule has 1 fully saturated rings. The summed E-state index contributed by atoms with van der Waals surface area (Å²) >= 11 is 0. The molecule has 2 rings (SSSR count). The van der Waals surface area contributed by atoms with E-state index in [1.54, 1.807) is 4.90 Å². The lowest BCUT2D eigenvalue weighted by Gasteiger charge is -2.39. The number of benzene rings is 1. The molecule has 1 aromatic carbocycles. The Morgan fingerprint density at radius 3 is 2.29 bits per heavy atom. The van der Waals surface area contributed by atoms with Crippen molar-refractivity contribution in [3.05, 3.63) is 24.3 Å². The van der Waals surface area contributed by atoms with Gasteiger partial charge in [-0.05, 0) is 52.0 Å². The molecule has 5 heteroatoms. The fourth-order valence-corrected chi connectivity index (χ4v) is 1.96. The van der Waals surface area contributed by atoms with Crippen LogP contribution in [0.2, 0.25) is 0 Å². The minimum Gasteiger partial charge on any atom is -0.494 e. The van der Waals surface area contributed by atoms with E-state index in [1.165, 1.54) is 0 Å². The van der Waals surface area contributed by atoms with E-state index < -0.39 is 5.60 Å². The molecule has 116 valence electrons. The van der Waals surface area contributed by atoms with E-state index in [-0.39, 0.29) is 12.2 Å². The SMILES string of the molecule is CCOc1ccc(OC2CN(C(=O)OC(C)(C)C)C2)cc1. The Balaban J connectivity index is 1.76. The maximum Gasteiger partial charge on any atom is 0.410 e. The molecule has 1 saturated heterocycles. The smallest absolute Gasteiger partial charge is 0.410 e. The number of hydrogen-bond acceptors (Lipinski definition) is 4. The second-order valence-corrected chi connectivity index (χ2v) is 6.03. The third kappa shape index (κ3) is 4.55. The number of rotatable bonds is 4. The van der Waals surface area contributed by atoms with E-state index in [0.29, 0.717) is 19.7 Å². The van der Waals surface area contributed by atoms with Gasteiger partial charge < -0.3 is 19.1 Å². The van der Waals surface area contributed by atoms with E-state index in [4.69, 9.17) is 14.2 Å². The highest BCUT2D eigenvalue weighted by atomic mass is 16.6. The van der Waals surface area contributed by atoms with Crippen LogP contribution in [0.5, 0.6) is 11.5 Å². The highest BCUT2D eigenvalue weighted by Crippen LogP contribution is 2.22. The average Bonchev–Trinajstić information content (AvgIpc) is 2.33. The molecule has 0 atom stereocenters. The molecule has 1 aliphatic heterocycles. The van der Waals surface area contributed by atoms with Gasteiger partial charge in [0.2, 0.25) is 0 Å². The summed E-state index contributed by atoms with van der Waals surface area (Å²) in [5.74, 6) is 1.61. The van der Waals surface area contributed by atoms with Crippen LogP contribution in [0, 0.1) is 0 Å².